The van der Waals surface area contributed by atoms with E-state index in [1.165, 1.54) is 268 Å². The van der Waals surface area contributed by atoms with Gasteiger partial charge >= 0.3 is 0 Å². The van der Waals surface area contributed by atoms with Crippen molar-refractivity contribution in [3.63, 3.8) is 0 Å². The molecule has 0 fully saturated rings. The van der Waals surface area contributed by atoms with Crippen LogP contribution in [0.15, 0.2) is 468 Å². The van der Waals surface area contributed by atoms with Crippen LogP contribution >= 0.6 is 11.3 Å². The average molecular weight is 1840 g/mol. The molecule has 1 heteroatoms. The number of rotatable bonds is 2. The van der Waals surface area contributed by atoms with E-state index >= 15 is 0 Å². The molecule has 24 aromatic rings. The second-order valence-electron chi connectivity index (χ2n) is 39.0. The summed E-state index contributed by atoms with van der Waals surface area (Å²) >= 11 is 1.76. The monoisotopic (exact) mass is 1840 g/mol. The smallest absolute Gasteiger partial charge is 0.0345 e. The van der Waals surface area contributed by atoms with Gasteiger partial charge in [0.2, 0.25) is 0 Å². The van der Waals surface area contributed by atoms with Crippen molar-refractivity contribution >= 4 is 116 Å². The first kappa shape index (κ1) is 87.6. The van der Waals surface area contributed by atoms with Crippen LogP contribution in [0.1, 0.15) is 106 Å². The summed E-state index contributed by atoms with van der Waals surface area (Å²) in [4.78, 5) is 1.29. The predicted molar refractivity (Wildman–Crippen MR) is 614 cm³/mol. The molecule has 0 saturated carbocycles. The van der Waals surface area contributed by atoms with Crippen LogP contribution in [0.25, 0.3) is 194 Å². The van der Waals surface area contributed by atoms with Gasteiger partial charge < -0.3 is 0 Å². The number of hydrogen-bond acceptors (Lipinski definition) is 1. The van der Waals surface area contributed by atoms with Gasteiger partial charge in [0.05, 0.1) is 0 Å². The summed E-state index contributed by atoms with van der Waals surface area (Å²) in [6.07, 6.45) is 16.7. The van der Waals surface area contributed by atoms with E-state index in [1.54, 1.807) is 28.5 Å². The second-order valence-corrected chi connectivity index (χ2v) is 40.1. The molecule has 0 N–H and O–H groups in total. The van der Waals surface area contributed by atoms with Crippen molar-refractivity contribution in [3.8, 4) is 89.0 Å². The Kier molecular flexibility index (Phi) is 23.1. The lowest BCUT2D eigenvalue weighted by Gasteiger charge is -2.08. The third-order valence-electron chi connectivity index (χ3n) is 30.8. The Balaban J connectivity index is 0.0000000861. The summed E-state index contributed by atoms with van der Waals surface area (Å²) < 4.78 is 1.21. The first-order valence-electron chi connectivity index (χ1n) is 50.4. The molecule has 0 saturated heterocycles. The quantitative estimate of drug-likeness (QED) is 0.120. The van der Waals surface area contributed by atoms with E-state index in [9.17, 15) is 0 Å². The molecule has 8 aliphatic rings. The molecule has 0 amide bonds. The molecule has 23 aromatic carbocycles. The molecule has 32 rings (SSSR count). The van der Waals surface area contributed by atoms with Crippen LogP contribution in [0.5, 0.6) is 0 Å². The van der Waals surface area contributed by atoms with E-state index in [0.717, 1.165) is 56.6 Å². The van der Waals surface area contributed by atoms with Crippen LogP contribution < -0.4 is 9.75 Å². The van der Waals surface area contributed by atoms with Crippen molar-refractivity contribution in [1.29, 1.82) is 0 Å². The van der Waals surface area contributed by atoms with E-state index in [-0.39, 0.29) is 0 Å². The molecule has 0 nitrogen and oxygen atoms in total. The molecule has 8 aliphatic carbocycles. The summed E-state index contributed by atoms with van der Waals surface area (Å²) in [5, 5.41) is 22.3. The van der Waals surface area contributed by atoms with Crippen molar-refractivity contribution in [2.24, 2.45) is 0 Å². The summed E-state index contributed by atoms with van der Waals surface area (Å²) in [5.41, 5.74) is 48.3. The zero-order chi connectivity index (χ0) is 95.5. The number of thiophene rings is 1. The van der Waals surface area contributed by atoms with E-state index in [1.807, 2.05) is 13.0 Å². The first-order valence-corrected chi connectivity index (χ1v) is 51.2. The van der Waals surface area contributed by atoms with Gasteiger partial charge in [0.25, 0.3) is 0 Å². The molecular weight excluding hydrogens is 1740 g/mol. The van der Waals surface area contributed by atoms with Crippen molar-refractivity contribution in [2.45, 2.75) is 65.2 Å². The van der Waals surface area contributed by atoms with Gasteiger partial charge in [-0.1, -0.05) is 444 Å². The van der Waals surface area contributed by atoms with Gasteiger partial charge in [0.15, 0.2) is 0 Å². The molecule has 0 spiro atoms. The van der Waals surface area contributed by atoms with Gasteiger partial charge in [0.1, 0.15) is 0 Å². The van der Waals surface area contributed by atoms with Crippen molar-refractivity contribution in [1.82, 2.24) is 0 Å². The molecule has 0 aliphatic heterocycles. The zero-order valence-corrected chi connectivity index (χ0v) is 81.3. The summed E-state index contributed by atoms with van der Waals surface area (Å²) in [5.74, 6) is 0. The van der Waals surface area contributed by atoms with Crippen LogP contribution in [0.3, 0.4) is 0 Å². The number of allylic oxidation sites excluding steroid dienone is 2. The van der Waals surface area contributed by atoms with Gasteiger partial charge in [-0.3, -0.25) is 0 Å². The molecule has 1 heterocycles. The van der Waals surface area contributed by atoms with Crippen LogP contribution in [-0.2, 0) is 51.4 Å². The molecule has 0 unspecified atom stereocenters. The fraction of sp³-hybridized carbons (Fsp3) is 0.0704. The topological polar surface area (TPSA) is 0 Å². The molecule has 1 aromatic heterocycles. The van der Waals surface area contributed by atoms with Crippen LogP contribution in [0, 0.1) is 6.92 Å². The normalized spacial score (nSPS) is 12.7. The number of fused-ring (bicyclic) bond motifs is 38. The Morgan fingerprint density at radius 3 is 0.930 bits per heavy atom. The van der Waals surface area contributed by atoms with Crippen LogP contribution in [-0.4, -0.2) is 0 Å². The molecule has 678 valence electrons. The maximum absolute atomic E-state index is 4.04. The first-order chi connectivity index (χ1) is 70.6. The zero-order valence-electron chi connectivity index (χ0n) is 80.5. The van der Waals surface area contributed by atoms with E-state index in [4.69, 9.17) is 0 Å². The van der Waals surface area contributed by atoms with Crippen LogP contribution in [0.2, 0.25) is 0 Å². The predicted octanol–water partition coefficient (Wildman–Crippen LogP) is 36.1. The Morgan fingerprint density at radius 1 is 0.217 bits per heavy atom. The highest BCUT2D eigenvalue weighted by molar-refractivity contribution is 7.11. The molecule has 0 bridgehead atoms. The molecule has 143 heavy (non-hydrogen) atoms. The van der Waals surface area contributed by atoms with Gasteiger partial charge in [-0.15, -0.1) is 11.3 Å². The maximum atomic E-state index is 4.04. The Bertz CT molecular complexity index is 9040. The van der Waals surface area contributed by atoms with Gasteiger partial charge in [-0.2, -0.15) is 0 Å². The average Bonchev–Trinajstić information content (AvgIpc) is 1.64. The van der Waals surface area contributed by atoms with Gasteiger partial charge in [0, 0.05) is 9.41 Å². The molecular formula is C142H104S. The highest BCUT2D eigenvalue weighted by Crippen LogP contribution is 2.52. The van der Waals surface area contributed by atoms with E-state index in [2.05, 4.69) is 481 Å². The lowest BCUT2D eigenvalue weighted by Crippen LogP contribution is -2.17. The minimum Gasteiger partial charge on any atom is -0.136 e. The van der Waals surface area contributed by atoms with E-state index in [0.29, 0.717) is 0 Å². The highest BCUT2D eigenvalue weighted by atomic mass is 32.1. The number of hydrogen-bond donors (Lipinski definition) is 0. The SMILES string of the molecule is C=C/C=c1/sc(/C=C\C)c(C)c1=C.c1ccc2c(c1)Cc1c-2ccc2c1-c1ccccc1C2.c1ccc2c(c1)Cc1c-2ccc2c1Cc1ccccc1-2.c1ccc2c(c1)Cc1cc3c(cc1-2)-c1ccccc1C3.c1ccc2c(c1)Cc1cc3c(cc1-2)Cc1ccccc1-3.c1ccc2c(c1)ccc1ccc3ccccc3c12.c1ccc2c(c1)ccc1ccccc12.c1ccc2cc3c(ccc4ccccc43)cc2c1. The minimum atomic E-state index is 1.08. The Hall–Kier alpha value is -16.9. The largest absolute Gasteiger partial charge is 0.136 e. The van der Waals surface area contributed by atoms with Crippen LogP contribution in [0.4, 0.5) is 0 Å². The second kappa shape index (κ2) is 37.7. The van der Waals surface area contributed by atoms with Crippen molar-refractivity contribution < 1.29 is 0 Å². The van der Waals surface area contributed by atoms with Crippen molar-refractivity contribution in [3.05, 3.63) is 577 Å². The fourth-order valence-corrected chi connectivity index (χ4v) is 25.0. The molecule has 0 atom stereocenters. The summed E-state index contributed by atoms with van der Waals surface area (Å²) in [7, 11) is 0. The highest BCUT2D eigenvalue weighted by Gasteiger charge is 2.32. The maximum Gasteiger partial charge on any atom is 0.0345 e. The van der Waals surface area contributed by atoms with Crippen molar-refractivity contribution in [2.75, 3.05) is 0 Å². The Morgan fingerprint density at radius 2 is 0.510 bits per heavy atom. The lowest BCUT2D eigenvalue weighted by molar-refractivity contribution is 1.16. The van der Waals surface area contributed by atoms with Gasteiger partial charge in [-0.05, 0) is 383 Å². The third-order valence-corrected chi connectivity index (χ3v) is 32.0. The fourth-order valence-electron chi connectivity index (χ4n) is 23.8. The minimum absolute atomic E-state index is 1.08. The lowest BCUT2D eigenvalue weighted by atomic mass is 9.95. The third kappa shape index (κ3) is 16.3. The summed E-state index contributed by atoms with van der Waals surface area (Å²) in [6.45, 7) is 11.9. The number of benzene rings is 23. The Labute approximate surface area is 840 Å². The van der Waals surface area contributed by atoms with Gasteiger partial charge in [-0.25, -0.2) is 0 Å². The molecule has 0 radical (unpaired) electrons. The van der Waals surface area contributed by atoms with E-state index < -0.39 is 0 Å². The standard InChI is InChI=1S/4C20H14.2C18H12.C14H10.C12H14S/c1-3-7-16-14(6-1)12-19-18(16)10-9-15-11-13-5-2-4-8-17(13)20(15)19;1-3-7-17-13(5-1)9-15-11-20-16(12-19(15)17)10-14-6-2-4-8-18(14)20;1-3-7-17-13(5-1)9-15-11-16-10-14-6-2-4-8-18(14)20(16)12-19(15)17;1-3-7-15-13(5-1)11-19-17(15)9-10-18-16-8-4-2-6-14(16)12-20(18)19;1-3-7-16-13(5-1)9-11-15-12-10-14-6-2-4-8-17(14)18(15)16;1-2-7-15-12-18-16(11-14(15)6-1)10-9-13-5-3-4-8-17(13)18;1-3-7-13-11(5-1)9-10-12-6-2-4-8-14(12)13;1-5-7-11-9(3)10(4)12(13-11)8-6-2/h1-10H,11-12H2;2*1-8,11-12H,9-10H2;1-10H,11-12H2;2*1-12H;1-10H;5-8H,1,3H2,2,4H3/b;;;;;;;8-6-,11-7+. The summed E-state index contributed by atoms with van der Waals surface area (Å²) in [6, 6.07) is 163.